The molecule has 2 aromatic heterocycles. The van der Waals surface area contributed by atoms with Crippen LogP contribution in [-0.4, -0.2) is 52.0 Å². The van der Waals surface area contributed by atoms with Gasteiger partial charge >= 0.3 is 0 Å². The smallest absolute Gasteiger partial charge is 0.272 e. The van der Waals surface area contributed by atoms with Crippen molar-refractivity contribution in [1.29, 1.82) is 0 Å². The molecule has 2 amide bonds. The summed E-state index contributed by atoms with van der Waals surface area (Å²) in [6.45, 7) is 2.60. The number of nitrogens with one attached hydrogen (secondary N) is 1. The molecule has 3 rings (SSSR count). The van der Waals surface area contributed by atoms with Gasteiger partial charge in [0.05, 0.1) is 17.0 Å². The molecular formula is C17H19N3O3S. The van der Waals surface area contributed by atoms with Crippen LogP contribution in [0.4, 0.5) is 0 Å². The average Bonchev–Trinajstić information content (AvgIpc) is 3.03. The Bertz CT molecular complexity index is 732. The number of amides is 2. The van der Waals surface area contributed by atoms with Gasteiger partial charge in [-0.25, -0.2) is 0 Å². The number of carbonyl (C=O) groups excluding carboxylic acids is 2. The summed E-state index contributed by atoms with van der Waals surface area (Å²) in [6.07, 6.45) is 1.28. The molecule has 2 N–H and O–H groups in total. The first-order valence-corrected chi connectivity index (χ1v) is 8.62. The number of rotatable bonds is 3. The maximum atomic E-state index is 12.4. The van der Waals surface area contributed by atoms with Gasteiger partial charge in [0.15, 0.2) is 0 Å². The lowest BCUT2D eigenvalue weighted by molar-refractivity contribution is 0.0312. The number of thiophene rings is 1. The largest absolute Gasteiger partial charge is 0.389 e. The van der Waals surface area contributed by atoms with Crippen molar-refractivity contribution in [2.45, 2.75) is 25.5 Å². The molecule has 7 heteroatoms. The highest BCUT2D eigenvalue weighted by atomic mass is 32.1. The number of hydrogen-bond acceptors (Lipinski definition) is 5. The minimum absolute atomic E-state index is 0.179. The number of pyridine rings is 1. The normalized spacial score (nSPS) is 20.7. The lowest BCUT2D eigenvalue weighted by Gasteiger charge is -2.36. The topological polar surface area (TPSA) is 82.5 Å². The van der Waals surface area contributed by atoms with Gasteiger partial charge in [-0.05, 0) is 37.6 Å². The molecule has 0 saturated carbocycles. The minimum Gasteiger partial charge on any atom is -0.389 e. The Balaban J connectivity index is 1.59. The molecule has 1 saturated heterocycles. The summed E-state index contributed by atoms with van der Waals surface area (Å²) in [5.41, 5.74) is 0.362. The molecule has 0 bridgehead atoms. The number of aliphatic hydroxyl groups excluding tert-OH is 1. The van der Waals surface area contributed by atoms with Gasteiger partial charge in [-0.2, -0.15) is 0 Å². The fourth-order valence-electron chi connectivity index (χ4n) is 2.73. The Hall–Kier alpha value is -2.25. The molecule has 1 fully saturated rings. The van der Waals surface area contributed by atoms with Crippen LogP contribution >= 0.6 is 11.3 Å². The summed E-state index contributed by atoms with van der Waals surface area (Å²) < 4.78 is 0. The van der Waals surface area contributed by atoms with E-state index in [1.54, 1.807) is 35.4 Å². The van der Waals surface area contributed by atoms with E-state index >= 15 is 0 Å². The monoisotopic (exact) mass is 345 g/mol. The van der Waals surface area contributed by atoms with E-state index in [0.717, 1.165) is 4.88 Å². The van der Waals surface area contributed by atoms with Crippen LogP contribution in [-0.2, 0) is 0 Å². The zero-order valence-electron chi connectivity index (χ0n) is 13.3. The Labute approximate surface area is 144 Å². The number of carbonyl (C=O) groups is 2. The molecule has 6 nitrogen and oxygen atoms in total. The van der Waals surface area contributed by atoms with E-state index in [0.29, 0.717) is 23.5 Å². The summed E-state index contributed by atoms with van der Waals surface area (Å²) in [4.78, 5) is 31.9. The number of aliphatic hydroxyl groups is 1. The third kappa shape index (κ3) is 3.63. The predicted molar refractivity (Wildman–Crippen MR) is 91.1 cm³/mol. The number of hydrogen-bond donors (Lipinski definition) is 2. The number of aryl methyl sites for hydroxylation is 1. The number of nitrogens with zero attached hydrogens (tertiary/aromatic N) is 2. The summed E-state index contributed by atoms with van der Waals surface area (Å²) in [5.74, 6) is -0.380. The van der Waals surface area contributed by atoms with Crippen LogP contribution in [0, 0.1) is 6.92 Å². The highest BCUT2D eigenvalue weighted by Gasteiger charge is 2.32. The van der Waals surface area contributed by atoms with Crippen LogP contribution in [0.15, 0.2) is 36.5 Å². The first-order valence-electron chi connectivity index (χ1n) is 7.80. The molecule has 0 spiro atoms. The summed E-state index contributed by atoms with van der Waals surface area (Å²) in [6, 6.07) is 8.48. The molecule has 0 aromatic carbocycles. The van der Waals surface area contributed by atoms with Crippen molar-refractivity contribution in [1.82, 2.24) is 15.2 Å². The van der Waals surface area contributed by atoms with Crippen LogP contribution in [0.1, 0.15) is 31.5 Å². The number of likely N-dealkylation sites (tertiary alicyclic amines) is 1. The highest BCUT2D eigenvalue weighted by molar-refractivity contribution is 7.13. The maximum Gasteiger partial charge on any atom is 0.272 e. The molecule has 126 valence electrons. The van der Waals surface area contributed by atoms with Gasteiger partial charge in [0.1, 0.15) is 5.69 Å². The quantitative estimate of drug-likeness (QED) is 0.882. The van der Waals surface area contributed by atoms with E-state index in [-0.39, 0.29) is 24.4 Å². The second-order valence-corrected chi connectivity index (χ2v) is 7.10. The van der Waals surface area contributed by atoms with E-state index in [2.05, 4.69) is 10.3 Å². The van der Waals surface area contributed by atoms with Crippen molar-refractivity contribution in [2.75, 3.05) is 13.1 Å². The van der Waals surface area contributed by atoms with Crippen molar-refractivity contribution in [2.24, 2.45) is 0 Å². The van der Waals surface area contributed by atoms with Crippen molar-refractivity contribution >= 4 is 23.2 Å². The van der Waals surface area contributed by atoms with E-state index in [9.17, 15) is 14.7 Å². The lowest BCUT2D eigenvalue weighted by atomic mass is 10.0. The van der Waals surface area contributed by atoms with Gasteiger partial charge in [0.25, 0.3) is 11.8 Å². The first-order chi connectivity index (χ1) is 11.5. The molecular weight excluding hydrogens is 326 g/mol. The van der Waals surface area contributed by atoms with Gasteiger partial charge in [0.2, 0.25) is 0 Å². The third-order valence-electron chi connectivity index (χ3n) is 4.03. The van der Waals surface area contributed by atoms with Crippen molar-refractivity contribution < 1.29 is 14.7 Å². The zero-order valence-corrected chi connectivity index (χ0v) is 14.1. The van der Waals surface area contributed by atoms with E-state index in [4.69, 9.17) is 0 Å². The fraction of sp³-hybridized carbons (Fsp3) is 0.353. The standard InChI is InChI=1S/C17H19N3O3S/c1-11-5-6-15(24-11)16(22)19-12-7-9-20(10-14(12)21)17(23)13-4-2-3-8-18-13/h2-6,8,12,14,21H,7,9-10H2,1H3,(H,19,22)/t12-,14-/m1/s1. The molecule has 0 aliphatic carbocycles. The zero-order chi connectivity index (χ0) is 17.1. The summed E-state index contributed by atoms with van der Waals surface area (Å²) in [7, 11) is 0. The number of aromatic nitrogens is 1. The summed E-state index contributed by atoms with van der Waals surface area (Å²) in [5, 5.41) is 13.2. The Morgan fingerprint density at radius 2 is 2.17 bits per heavy atom. The molecule has 3 heterocycles. The molecule has 24 heavy (non-hydrogen) atoms. The molecule has 0 unspecified atom stereocenters. The van der Waals surface area contributed by atoms with Crippen LogP contribution in [0.3, 0.4) is 0 Å². The van der Waals surface area contributed by atoms with Crippen molar-refractivity contribution in [3.8, 4) is 0 Å². The van der Waals surface area contributed by atoms with Crippen LogP contribution in [0.5, 0.6) is 0 Å². The molecule has 2 atom stereocenters. The molecule has 1 aliphatic rings. The Kier molecular flexibility index (Phi) is 4.92. The van der Waals surface area contributed by atoms with Crippen molar-refractivity contribution in [3.05, 3.63) is 52.0 Å². The van der Waals surface area contributed by atoms with Crippen molar-refractivity contribution in [3.63, 3.8) is 0 Å². The summed E-state index contributed by atoms with van der Waals surface area (Å²) >= 11 is 1.42. The highest BCUT2D eigenvalue weighted by Crippen LogP contribution is 2.18. The second kappa shape index (κ2) is 7.11. The first kappa shape index (κ1) is 16.6. The van der Waals surface area contributed by atoms with Gasteiger partial charge in [-0.3, -0.25) is 14.6 Å². The predicted octanol–water partition coefficient (Wildman–Crippen LogP) is 1.46. The number of piperidine rings is 1. The molecule has 0 radical (unpaired) electrons. The number of β-amino-alcohol motifs (C(OH)–C–C–N with tert-alkyl or cyclic N) is 1. The Morgan fingerprint density at radius 1 is 1.33 bits per heavy atom. The van der Waals surface area contributed by atoms with Crippen LogP contribution < -0.4 is 5.32 Å². The lowest BCUT2D eigenvalue weighted by Crippen LogP contribution is -2.55. The van der Waals surface area contributed by atoms with Crippen LogP contribution in [0.2, 0.25) is 0 Å². The fourth-order valence-corrected chi connectivity index (χ4v) is 3.50. The van der Waals surface area contributed by atoms with Crippen LogP contribution in [0.25, 0.3) is 0 Å². The van der Waals surface area contributed by atoms with Gasteiger partial charge < -0.3 is 15.3 Å². The maximum absolute atomic E-state index is 12.4. The van der Waals surface area contributed by atoms with Gasteiger partial charge in [-0.1, -0.05) is 6.07 Å². The van der Waals surface area contributed by atoms with E-state index < -0.39 is 6.10 Å². The molecule has 1 aliphatic heterocycles. The van der Waals surface area contributed by atoms with E-state index in [1.807, 2.05) is 13.0 Å². The van der Waals surface area contributed by atoms with Gasteiger partial charge in [-0.15, -0.1) is 11.3 Å². The third-order valence-corrected chi connectivity index (χ3v) is 5.03. The Morgan fingerprint density at radius 3 is 2.79 bits per heavy atom. The van der Waals surface area contributed by atoms with E-state index in [1.165, 1.54) is 11.3 Å². The second-order valence-electron chi connectivity index (χ2n) is 5.81. The SMILES string of the molecule is Cc1ccc(C(=O)N[C@@H]2CCN(C(=O)c3ccccn3)C[C@H]2O)s1. The van der Waals surface area contributed by atoms with Gasteiger partial charge in [0, 0.05) is 24.2 Å². The minimum atomic E-state index is -0.795. The average molecular weight is 345 g/mol. The molecule has 2 aromatic rings.